The zero-order chi connectivity index (χ0) is 19.2. The Morgan fingerprint density at radius 2 is 1.81 bits per heavy atom. The molecule has 0 saturated carbocycles. The van der Waals surface area contributed by atoms with Crippen LogP contribution in [-0.4, -0.2) is 37.9 Å². The van der Waals surface area contributed by atoms with Crippen molar-refractivity contribution in [3.63, 3.8) is 0 Å². The fourth-order valence-electron chi connectivity index (χ4n) is 2.58. The number of tetrazole rings is 1. The third-order valence-corrected chi connectivity index (χ3v) is 4.29. The van der Waals surface area contributed by atoms with Crippen LogP contribution in [0.3, 0.4) is 0 Å². The molecule has 0 bridgehead atoms. The maximum atomic E-state index is 12.3. The molecule has 1 N–H and O–H groups in total. The second kappa shape index (κ2) is 8.55. The number of Topliss-reactive ketones (excluding diaryl/α,β-unsaturated/α-hetero) is 1. The number of amides is 1. The molecule has 1 heterocycles. The number of carbonyl (C=O) groups is 2. The van der Waals surface area contributed by atoms with E-state index in [0.717, 1.165) is 5.56 Å². The van der Waals surface area contributed by atoms with E-state index in [1.54, 1.807) is 18.2 Å². The molecular weight excluding hydrogens is 366 g/mol. The van der Waals surface area contributed by atoms with Gasteiger partial charge in [-0.15, -0.1) is 10.2 Å². The second-order valence-electron chi connectivity index (χ2n) is 6.04. The molecule has 2 aromatic carbocycles. The highest BCUT2D eigenvalue weighted by molar-refractivity contribution is 6.33. The predicted octanol–water partition coefficient (Wildman–Crippen LogP) is 2.31. The largest absolute Gasteiger partial charge is 0.344 e. The van der Waals surface area contributed by atoms with Crippen LogP contribution in [0.15, 0.2) is 54.6 Å². The van der Waals surface area contributed by atoms with Gasteiger partial charge in [-0.2, -0.15) is 4.80 Å². The van der Waals surface area contributed by atoms with Crippen molar-refractivity contribution in [2.45, 2.75) is 25.9 Å². The number of carbonyl (C=O) groups excluding carboxylic acids is 2. The minimum absolute atomic E-state index is 0.115. The molecule has 0 aliphatic rings. The topological polar surface area (TPSA) is 89.8 Å². The summed E-state index contributed by atoms with van der Waals surface area (Å²) in [6.45, 7) is 1.31. The maximum Gasteiger partial charge on any atom is 0.244 e. The molecule has 27 heavy (non-hydrogen) atoms. The van der Waals surface area contributed by atoms with Crippen LogP contribution in [-0.2, 0) is 22.6 Å². The number of nitrogens with zero attached hydrogens (tertiary/aromatic N) is 4. The van der Waals surface area contributed by atoms with E-state index in [0.29, 0.717) is 22.8 Å². The van der Waals surface area contributed by atoms with E-state index in [1.165, 1.54) is 11.7 Å². The minimum atomic E-state index is -0.605. The first kappa shape index (κ1) is 18.7. The van der Waals surface area contributed by atoms with Crippen molar-refractivity contribution in [1.82, 2.24) is 25.5 Å². The third kappa shape index (κ3) is 4.98. The van der Waals surface area contributed by atoms with E-state index < -0.39 is 6.04 Å². The lowest BCUT2D eigenvalue weighted by Gasteiger charge is -2.15. The van der Waals surface area contributed by atoms with Gasteiger partial charge in [-0.05, 0) is 36.3 Å². The number of hydrogen-bond acceptors (Lipinski definition) is 5. The first-order chi connectivity index (χ1) is 13.0. The van der Waals surface area contributed by atoms with Crippen LogP contribution in [0.25, 0.3) is 11.4 Å². The van der Waals surface area contributed by atoms with Crippen molar-refractivity contribution >= 4 is 23.3 Å². The summed E-state index contributed by atoms with van der Waals surface area (Å²) in [5.41, 5.74) is 1.61. The summed E-state index contributed by atoms with van der Waals surface area (Å²) in [4.78, 5) is 25.4. The monoisotopic (exact) mass is 383 g/mol. The van der Waals surface area contributed by atoms with Gasteiger partial charge in [0.05, 0.1) is 11.1 Å². The summed E-state index contributed by atoms with van der Waals surface area (Å²) in [6, 6.07) is 16.0. The van der Waals surface area contributed by atoms with Crippen molar-refractivity contribution in [1.29, 1.82) is 0 Å². The van der Waals surface area contributed by atoms with Crippen molar-refractivity contribution in [2.24, 2.45) is 0 Å². The number of aromatic nitrogens is 4. The van der Waals surface area contributed by atoms with Gasteiger partial charge in [0.2, 0.25) is 11.7 Å². The zero-order valence-electron chi connectivity index (χ0n) is 14.7. The lowest BCUT2D eigenvalue weighted by atomic mass is 10.0. The van der Waals surface area contributed by atoms with Crippen LogP contribution < -0.4 is 5.32 Å². The Bertz CT molecular complexity index is 942. The summed E-state index contributed by atoms with van der Waals surface area (Å²) in [7, 11) is 0. The van der Waals surface area contributed by atoms with Gasteiger partial charge >= 0.3 is 0 Å². The quantitative estimate of drug-likeness (QED) is 0.676. The summed E-state index contributed by atoms with van der Waals surface area (Å²) in [6.07, 6.45) is 0.428. The molecule has 138 valence electrons. The molecule has 1 atom stereocenters. The fraction of sp³-hybridized carbons (Fsp3) is 0.211. The lowest BCUT2D eigenvalue weighted by molar-refractivity contribution is -0.127. The Hall–Kier alpha value is -3.06. The fourth-order valence-corrected chi connectivity index (χ4v) is 2.80. The van der Waals surface area contributed by atoms with Crippen molar-refractivity contribution in [3.05, 3.63) is 65.2 Å². The molecule has 0 fully saturated rings. The molecule has 0 spiro atoms. The van der Waals surface area contributed by atoms with Gasteiger partial charge in [0.15, 0.2) is 5.78 Å². The molecule has 0 saturated heterocycles. The Balaban J connectivity index is 1.64. The highest BCUT2D eigenvalue weighted by Gasteiger charge is 2.19. The van der Waals surface area contributed by atoms with Gasteiger partial charge in [0, 0.05) is 5.56 Å². The molecule has 8 heteroatoms. The van der Waals surface area contributed by atoms with Gasteiger partial charge in [-0.3, -0.25) is 9.59 Å². The summed E-state index contributed by atoms with van der Waals surface area (Å²) in [5.74, 6) is -0.148. The lowest BCUT2D eigenvalue weighted by Crippen LogP contribution is -2.43. The molecule has 1 amide bonds. The van der Waals surface area contributed by atoms with Crippen LogP contribution in [0.5, 0.6) is 0 Å². The van der Waals surface area contributed by atoms with E-state index in [-0.39, 0.29) is 18.2 Å². The van der Waals surface area contributed by atoms with Gasteiger partial charge < -0.3 is 5.32 Å². The minimum Gasteiger partial charge on any atom is -0.344 e. The Labute approximate surface area is 161 Å². The molecule has 3 rings (SSSR count). The average Bonchev–Trinajstić information content (AvgIpc) is 3.10. The van der Waals surface area contributed by atoms with Gasteiger partial charge in [-0.25, -0.2) is 0 Å². The summed E-state index contributed by atoms with van der Waals surface area (Å²) < 4.78 is 0. The summed E-state index contributed by atoms with van der Waals surface area (Å²) in [5, 5.41) is 15.2. The van der Waals surface area contributed by atoms with E-state index in [2.05, 4.69) is 20.7 Å². The Kier molecular flexibility index (Phi) is 5.93. The van der Waals surface area contributed by atoms with Crippen molar-refractivity contribution in [2.75, 3.05) is 0 Å². The number of halogens is 1. The van der Waals surface area contributed by atoms with E-state index in [4.69, 9.17) is 11.6 Å². The first-order valence-electron chi connectivity index (χ1n) is 8.39. The second-order valence-corrected chi connectivity index (χ2v) is 6.45. The van der Waals surface area contributed by atoms with Crippen LogP contribution in [0.2, 0.25) is 5.02 Å². The molecule has 0 unspecified atom stereocenters. The smallest absolute Gasteiger partial charge is 0.244 e. The SMILES string of the molecule is CC(=O)[C@H](Cc1ccccc1)NC(=O)Cn1nnc(-c2ccccc2Cl)n1. The number of nitrogens with one attached hydrogen (secondary N) is 1. The first-order valence-corrected chi connectivity index (χ1v) is 8.77. The number of hydrogen-bond donors (Lipinski definition) is 1. The molecule has 0 aliphatic heterocycles. The molecule has 0 aliphatic carbocycles. The van der Waals surface area contributed by atoms with Crippen LogP contribution in [0.1, 0.15) is 12.5 Å². The standard InChI is InChI=1S/C19H18ClN5O2/c1-13(26)17(11-14-7-3-2-4-8-14)21-18(27)12-25-23-19(22-24-25)15-9-5-6-10-16(15)20/h2-10,17H,11-12H2,1H3,(H,21,27)/t17-/m0/s1. The number of rotatable bonds is 7. The normalized spacial score (nSPS) is 11.8. The Morgan fingerprint density at radius 3 is 2.52 bits per heavy atom. The molecular formula is C19H18ClN5O2. The van der Waals surface area contributed by atoms with E-state index in [9.17, 15) is 9.59 Å². The zero-order valence-corrected chi connectivity index (χ0v) is 15.4. The van der Waals surface area contributed by atoms with Crippen LogP contribution >= 0.6 is 11.6 Å². The van der Waals surface area contributed by atoms with E-state index in [1.807, 2.05) is 36.4 Å². The van der Waals surface area contributed by atoms with Crippen molar-refractivity contribution in [3.8, 4) is 11.4 Å². The predicted molar refractivity (Wildman–Crippen MR) is 101 cm³/mol. The molecule has 7 nitrogen and oxygen atoms in total. The maximum absolute atomic E-state index is 12.3. The van der Waals surface area contributed by atoms with Gasteiger partial charge in [0.1, 0.15) is 6.54 Å². The van der Waals surface area contributed by atoms with Gasteiger partial charge in [0.25, 0.3) is 0 Å². The number of benzene rings is 2. The summed E-state index contributed by atoms with van der Waals surface area (Å²) >= 11 is 6.12. The van der Waals surface area contributed by atoms with E-state index >= 15 is 0 Å². The Morgan fingerprint density at radius 1 is 1.11 bits per heavy atom. The average molecular weight is 384 g/mol. The highest BCUT2D eigenvalue weighted by Crippen LogP contribution is 2.23. The van der Waals surface area contributed by atoms with Crippen LogP contribution in [0, 0.1) is 0 Å². The molecule has 1 aromatic heterocycles. The highest BCUT2D eigenvalue weighted by atomic mass is 35.5. The molecule has 0 radical (unpaired) electrons. The van der Waals surface area contributed by atoms with Crippen LogP contribution in [0.4, 0.5) is 0 Å². The van der Waals surface area contributed by atoms with Crippen molar-refractivity contribution < 1.29 is 9.59 Å². The van der Waals surface area contributed by atoms with Gasteiger partial charge in [-0.1, -0.05) is 54.1 Å². The molecule has 3 aromatic rings. The number of ketones is 1. The third-order valence-electron chi connectivity index (χ3n) is 3.96.